The van der Waals surface area contributed by atoms with Gasteiger partial charge in [-0.2, -0.15) is 0 Å². The quantitative estimate of drug-likeness (QED) is 0.134. The number of hydrogen-bond donors (Lipinski definition) is 7. The van der Waals surface area contributed by atoms with Crippen molar-refractivity contribution in [2.75, 3.05) is 44.4 Å². The maximum Gasteiger partial charge on any atom is 0.280 e. The van der Waals surface area contributed by atoms with Crippen molar-refractivity contribution in [2.45, 2.75) is 38.3 Å². The highest BCUT2D eigenvalue weighted by atomic mass is 35.5. The number of nitrogens with two attached hydrogens (primary N) is 4. The van der Waals surface area contributed by atoms with Gasteiger partial charge in [0.05, 0.1) is 19.5 Å². The Balaban J connectivity index is 1.63. The van der Waals surface area contributed by atoms with Gasteiger partial charge in [0.1, 0.15) is 0 Å². The highest BCUT2D eigenvalue weighted by Crippen LogP contribution is 2.17. The Labute approximate surface area is 181 Å². The molecule has 1 aliphatic heterocycles. The summed E-state index contributed by atoms with van der Waals surface area (Å²) in [6.45, 7) is 4.03. The molecule has 0 spiro atoms. The van der Waals surface area contributed by atoms with E-state index in [1.807, 2.05) is 0 Å². The number of hydrogen-bond acceptors (Lipinski definition) is 10. The average Bonchev–Trinajstić information content (AvgIpc) is 2.71. The largest absolute Gasteiger partial charge is 0.382 e. The zero-order chi connectivity index (χ0) is 21.9. The molecule has 1 amide bonds. The molecule has 0 aromatic carbocycles. The van der Waals surface area contributed by atoms with Crippen LogP contribution >= 0.6 is 11.6 Å². The summed E-state index contributed by atoms with van der Waals surface area (Å²) in [5.74, 6) is -0.841. The topological polar surface area (TPSA) is 199 Å². The molecule has 0 radical (unpaired) electrons. The van der Waals surface area contributed by atoms with Gasteiger partial charge in [-0.3, -0.25) is 30.6 Å². The Kier molecular flexibility index (Phi) is 9.97. The summed E-state index contributed by atoms with van der Waals surface area (Å²) in [5, 5.41) is 9.27. The third-order valence-corrected chi connectivity index (χ3v) is 4.87. The molecule has 168 valence electrons. The molecule has 0 atom stereocenters. The maximum absolute atomic E-state index is 12.2. The van der Waals surface area contributed by atoms with Crippen LogP contribution in [-0.2, 0) is 0 Å². The lowest BCUT2D eigenvalue weighted by Crippen LogP contribution is -2.57. The predicted octanol–water partition coefficient (Wildman–Crippen LogP) is -1.02. The average molecular weight is 442 g/mol. The molecule has 1 aromatic rings. The molecule has 11 N–H and O–H groups in total. The van der Waals surface area contributed by atoms with Gasteiger partial charge >= 0.3 is 0 Å². The van der Waals surface area contributed by atoms with Crippen LogP contribution in [0, 0.1) is 0 Å². The first-order chi connectivity index (χ1) is 14.4. The van der Waals surface area contributed by atoms with Gasteiger partial charge in [0.15, 0.2) is 28.4 Å². The first-order valence-electron chi connectivity index (χ1n) is 9.99. The number of guanidine groups is 1. The van der Waals surface area contributed by atoms with Crippen LogP contribution in [0.4, 0.5) is 11.6 Å². The molecular weight excluding hydrogens is 410 g/mol. The van der Waals surface area contributed by atoms with E-state index in [4.69, 9.17) is 34.5 Å². The molecule has 2 rings (SSSR count). The Morgan fingerprint density at radius 3 is 2.60 bits per heavy atom. The van der Waals surface area contributed by atoms with Gasteiger partial charge < -0.3 is 22.9 Å². The van der Waals surface area contributed by atoms with E-state index in [-0.39, 0.29) is 34.6 Å². The second-order valence-electron chi connectivity index (χ2n) is 7.02. The molecule has 0 bridgehead atoms. The summed E-state index contributed by atoms with van der Waals surface area (Å²) in [6, 6.07) is 0. The number of nitrogens with zero attached hydrogens (tertiary/aromatic N) is 4. The minimum absolute atomic E-state index is 0.0174. The monoisotopic (exact) mass is 441 g/mol. The van der Waals surface area contributed by atoms with Crippen LogP contribution in [0.15, 0.2) is 4.99 Å². The second-order valence-corrected chi connectivity index (χ2v) is 7.38. The minimum atomic E-state index is -0.644. The van der Waals surface area contributed by atoms with Crippen LogP contribution in [-0.4, -0.2) is 65.9 Å². The number of anilines is 2. The van der Waals surface area contributed by atoms with Crippen molar-refractivity contribution in [1.82, 2.24) is 30.8 Å². The van der Waals surface area contributed by atoms with Crippen molar-refractivity contribution >= 4 is 35.1 Å². The molecule has 1 fully saturated rings. The molecule has 2 heterocycles. The number of amides is 1. The van der Waals surface area contributed by atoms with Crippen LogP contribution < -0.4 is 38.9 Å². The summed E-state index contributed by atoms with van der Waals surface area (Å²) in [4.78, 5) is 26.2. The third-order valence-electron chi connectivity index (χ3n) is 4.60. The highest BCUT2D eigenvalue weighted by molar-refractivity contribution is 6.31. The molecule has 1 saturated heterocycles. The number of nitrogens with one attached hydrogen (secondary N) is 3. The van der Waals surface area contributed by atoms with Gasteiger partial charge in [0, 0.05) is 13.1 Å². The fraction of sp³-hybridized carbons (Fsp3) is 0.647. The van der Waals surface area contributed by atoms with Crippen molar-refractivity contribution < 1.29 is 4.79 Å². The minimum Gasteiger partial charge on any atom is -0.382 e. The lowest BCUT2D eigenvalue weighted by atomic mass is 10.2. The highest BCUT2D eigenvalue weighted by Gasteiger charge is 2.17. The summed E-state index contributed by atoms with van der Waals surface area (Å²) >= 11 is 5.77. The van der Waals surface area contributed by atoms with E-state index in [1.165, 1.54) is 0 Å². The molecule has 0 aliphatic carbocycles. The van der Waals surface area contributed by atoms with E-state index in [9.17, 15) is 4.79 Å². The van der Waals surface area contributed by atoms with Gasteiger partial charge in [0.2, 0.25) is 0 Å². The van der Waals surface area contributed by atoms with Gasteiger partial charge in [-0.15, -0.1) is 0 Å². The van der Waals surface area contributed by atoms with Crippen LogP contribution in [0.5, 0.6) is 0 Å². The standard InChI is InChI=1S/C17H32ClN11O/c18-13-15(21)27-14(20)12(26-13)16(30)28-17(22)23-7-3-1-5-11-24-9-29(10-25-11)8-4-2-6-19/h11,24-25H,1-10,19H2,(H4,20,21,27)(H3,22,23,28,30). The number of halogens is 1. The lowest BCUT2D eigenvalue weighted by Gasteiger charge is -2.34. The van der Waals surface area contributed by atoms with Crippen molar-refractivity contribution in [3.63, 3.8) is 0 Å². The van der Waals surface area contributed by atoms with Crippen LogP contribution in [0.2, 0.25) is 5.15 Å². The van der Waals surface area contributed by atoms with Crippen molar-refractivity contribution in [2.24, 2.45) is 16.5 Å². The van der Waals surface area contributed by atoms with Crippen molar-refractivity contribution in [1.29, 1.82) is 0 Å². The second kappa shape index (κ2) is 12.4. The molecular formula is C17H32ClN11O. The smallest absolute Gasteiger partial charge is 0.280 e. The first kappa shape index (κ1) is 24.0. The summed E-state index contributed by atoms with van der Waals surface area (Å²) in [6.07, 6.45) is 5.24. The number of carbonyl (C=O) groups excluding carboxylic acids is 1. The van der Waals surface area contributed by atoms with E-state index in [0.29, 0.717) is 6.54 Å². The molecule has 0 unspecified atom stereocenters. The van der Waals surface area contributed by atoms with Crippen LogP contribution in [0.3, 0.4) is 0 Å². The SMILES string of the molecule is NCCCCN1CNC(CCCCN=C(N)NC(=O)c2nc(Cl)c(N)nc2N)NC1. The zero-order valence-corrected chi connectivity index (χ0v) is 17.8. The number of carbonyl (C=O) groups is 1. The Hall–Kier alpha value is -2.25. The van der Waals surface area contributed by atoms with Crippen LogP contribution in [0.25, 0.3) is 0 Å². The predicted molar refractivity (Wildman–Crippen MR) is 118 cm³/mol. The van der Waals surface area contributed by atoms with E-state index >= 15 is 0 Å². The molecule has 30 heavy (non-hydrogen) atoms. The Morgan fingerprint density at radius 2 is 1.90 bits per heavy atom. The van der Waals surface area contributed by atoms with E-state index in [1.54, 1.807) is 0 Å². The maximum atomic E-state index is 12.2. The normalized spacial score (nSPS) is 16.0. The van der Waals surface area contributed by atoms with Gasteiger partial charge in [-0.25, -0.2) is 9.97 Å². The van der Waals surface area contributed by atoms with E-state index < -0.39 is 5.91 Å². The lowest BCUT2D eigenvalue weighted by molar-refractivity contribution is 0.0972. The van der Waals surface area contributed by atoms with E-state index in [2.05, 4.69) is 35.8 Å². The first-order valence-corrected chi connectivity index (χ1v) is 10.4. The summed E-state index contributed by atoms with van der Waals surface area (Å²) < 4.78 is 0. The fourth-order valence-corrected chi connectivity index (χ4v) is 3.06. The summed E-state index contributed by atoms with van der Waals surface area (Å²) in [5.41, 5.74) is 22.3. The van der Waals surface area contributed by atoms with E-state index in [0.717, 1.165) is 58.5 Å². The van der Waals surface area contributed by atoms with Crippen LogP contribution in [0.1, 0.15) is 42.6 Å². The van der Waals surface area contributed by atoms with Gasteiger partial charge in [-0.05, 0) is 38.6 Å². The fourth-order valence-electron chi connectivity index (χ4n) is 2.93. The molecule has 1 aliphatic rings. The number of aromatic nitrogens is 2. The van der Waals surface area contributed by atoms with Crippen molar-refractivity contribution in [3.05, 3.63) is 10.8 Å². The summed E-state index contributed by atoms with van der Waals surface area (Å²) in [7, 11) is 0. The number of unbranched alkanes of at least 4 members (excludes halogenated alkanes) is 2. The number of aliphatic imine (C=N–C) groups is 1. The molecule has 0 saturated carbocycles. The molecule has 1 aromatic heterocycles. The number of nitrogen functional groups attached to an aromatic ring is 2. The van der Waals surface area contributed by atoms with Crippen molar-refractivity contribution in [3.8, 4) is 0 Å². The molecule has 13 heteroatoms. The zero-order valence-electron chi connectivity index (χ0n) is 17.0. The Morgan fingerprint density at radius 1 is 1.17 bits per heavy atom. The van der Waals surface area contributed by atoms with Gasteiger partial charge in [0.25, 0.3) is 5.91 Å². The number of rotatable bonds is 10. The third kappa shape index (κ3) is 7.88. The molecule has 12 nitrogen and oxygen atoms in total. The van der Waals surface area contributed by atoms with Gasteiger partial charge in [-0.1, -0.05) is 11.6 Å². The Bertz CT molecular complexity index is 722.